The number of aryl methyl sites for hydroxylation is 1. The smallest absolute Gasteiger partial charge is 0.317 e. The van der Waals surface area contributed by atoms with E-state index in [4.69, 9.17) is 14.8 Å². The van der Waals surface area contributed by atoms with Crippen LogP contribution in [0.25, 0.3) is 0 Å². The Bertz CT molecular complexity index is 642. The lowest BCUT2D eigenvalue weighted by molar-refractivity contribution is -0.247. The Kier molecular flexibility index (Phi) is 4.86. The molecule has 1 fully saturated rings. The van der Waals surface area contributed by atoms with Gasteiger partial charge in [-0.1, -0.05) is 31.5 Å². The molecule has 8 heteroatoms. The molecule has 1 aliphatic rings. The number of carbonyl (C=O) groups is 1. The van der Waals surface area contributed by atoms with E-state index in [2.05, 4.69) is 0 Å². The molecule has 1 heterocycles. The number of ether oxygens (including phenoxy) is 1. The van der Waals surface area contributed by atoms with Gasteiger partial charge in [-0.25, -0.2) is 0 Å². The van der Waals surface area contributed by atoms with Crippen molar-refractivity contribution in [3.05, 3.63) is 29.8 Å². The molecule has 0 bridgehead atoms. The normalized spacial score (nSPS) is 22.0. The van der Waals surface area contributed by atoms with Crippen LogP contribution in [-0.2, 0) is 23.9 Å². The second-order valence-corrected chi connectivity index (χ2v) is 7.18. The molecule has 0 saturated carbocycles. The van der Waals surface area contributed by atoms with Crippen molar-refractivity contribution in [3.63, 3.8) is 0 Å². The average Bonchev–Trinajstić information content (AvgIpc) is 2.46. The van der Waals surface area contributed by atoms with Gasteiger partial charge >= 0.3 is 10.1 Å². The second-order valence-electron chi connectivity index (χ2n) is 5.65. The van der Waals surface area contributed by atoms with Gasteiger partial charge in [0, 0.05) is 0 Å². The van der Waals surface area contributed by atoms with E-state index in [0.717, 1.165) is 5.56 Å². The molecule has 1 aromatic carbocycles. The van der Waals surface area contributed by atoms with Gasteiger partial charge in [-0.15, -0.1) is 4.28 Å². The molecular weight excluding hydrogens is 308 g/mol. The highest BCUT2D eigenvalue weighted by Crippen LogP contribution is 2.25. The highest BCUT2D eigenvalue weighted by molar-refractivity contribution is 7.86. The number of benzene rings is 1. The number of hydrogen-bond acceptors (Lipinski definition) is 6. The fourth-order valence-electron chi connectivity index (χ4n) is 1.85. The molecule has 7 nitrogen and oxygen atoms in total. The summed E-state index contributed by atoms with van der Waals surface area (Å²) in [5.74, 6) is -0.400. The summed E-state index contributed by atoms with van der Waals surface area (Å²) in [4.78, 5) is 11.7. The molecule has 0 aliphatic carbocycles. The predicted molar refractivity (Wildman–Crippen MR) is 78.8 cm³/mol. The Balaban J connectivity index is 2.10. The van der Waals surface area contributed by atoms with Crippen molar-refractivity contribution < 1.29 is 22.2 Å². The molecule has 1 aromatic rings. The maximum Gasteiger partial charge on any atom is 0.317 e. The van der Waals surface area contributed by atoms with Crippen molar-refractivity contribution in [1.29, 1.82) is 0 Å². The monoisotopic (exact) mass is 328 g/mol. The zero-order valence-electron chi connectivity index (χ0n) is 12.7. The minimum Gasteiger partial charge on any atom is -0.353 e. The van der Waals surface area contributed by atoms with Crippen molar-refractivity contribution in [2.75, 3.05) is 6.61 Å². The van der Waals surface area contributed by atoms with Gasteiger partial charge in [0.2, 0.25) is 0 Å². The minimum absolute atomic E-state index is 0.0334. The van der Waals surface area contributed by atoms with Gasteiger partial charge in [-0.3, -0.25) is 4.79 Å². The molecule has 2 atom stereocenters. The first kappa shape index (κ1) is 16.9. The summed E-state index contributed by atoms with van der Waals surface area (Å²) in [7, 11) is -4.10. The number of carbonyl (C=O) groups excluding carboxylic acids is 1. The molecule has 2 N–H and O–H groups in total. The van der Waals surface area contributed by atoms with E-state index < -0.39 is 28.3 Å². The van der Waals surface area contributed by atoms with E-state index in [-0.39, 0.29) is 10.8 Å². The van der Waals surface area contributed by atoms with E-state index in [1.54, 1.807) is 12.1 Å². The summed E-state index contributed by atoms with van der Waals surface area (Å²) >= 11 is 0. The minimum atomic E-state index is -4.10. The molecular formula is C14H20N2O5S. The quantitative estimate of drug-likeness (QED) is 0.775. The van der Waals surface area contributed by atoms with Crippen molar-refractivity contribution in [2.24, 2.45) is 11.7 Å². The fourth-order valence-corrected chi connectivity index (χ4v) is 2.78. The first-order valence-electron chi connectivity index (χ1n) is 6.94. The van der Waals surface area contributed by atoms with Gasteiger partial charge in [0.25, 0.3) is 5.91 Å². The molecule has 22 heavy (non-hydrogen) atoms. The van der Waals surface area contributed by atoms with Gasteiger partial charge < -0.3 is 10.5 Å². The summed E-state index contributed by atoms with van der Waals surface area (Å²) in [6.45, 7) is 6.04. The van der Waals surface area contributed by atoms with Crippen molar-refractivity contribution in [1.82, 2.24) is 5.06 Å². The van der Waals surface area contributed by atoms with Crippen LogP contribution in [0.2, 0.25) is 0 Å². The van der Waals surface area contributed by atoms with E-state index in [1.165, 1.54) is 12.1 Å². The summed E-state index contributed by atoms with van der Waals surface area (Å²) < 4.78 is 34.6. The standard InChI is InChI=1S/C14H20N2O5S/c1-9(2)8-20-14-12(15)13(17)16(14)21-22(18,19)11-6-4-10(3)5-7-11/h4-7,9,12,14H,8,15H2,1-3H3/t12-,14-/m1/s1. The van der Waals surface area contributed by atoms with Crippen molar-refractivity contribution in [2.45, 2.75) is 37.9 Å². The van der Waals surface area contributed by atoms with Crippen molar-refractivity contribution in [3.8, 4) is 0 Å². The Labute approximate surface area is 130 Å². The van der Waals surface area contributed by atoms with Gasteiger partial charge in [0.1, 0.15) is 6.04 Å². The largest absolute Gasteiger partial charge is 0.353 e. The Hall–Kier alpha value is -1.48. The number of nitrogens with two attached hydrogens (primary N) is 1. The van der Waals surface area contributed by atoms with Gasteiger partial charge in [0.05, 0.1) is 11.5 Å². The molecule has 1 aliphatic heterocycles. The number of β-lactam (4-membered cyclic amide) rings is 1. The van der Waals surface area contributed by atoms with Gasteiger partial charge in [-0.05, 0) is 25.0 Å². The summed E-state index contributed by atoms with van der Waals surface area (Å²) in [5, 5.41) is 0.683. The molecule has 0 aromatic heterocycles. The lowest BCUT2D eigenvalue weighted by Gasteiger charge is -2.42. The molecule has 0 spiro atoms. The third kappa shape index (κ3) is 3.46. The van der Waals surface area contributed by atoms with Crippen LogP contribution in [0.5, 0.6) is 0 Å². The van der Waals surface area contributed by atoms with Gasteiger partial charge in [-0.2, -0.15) is 13.5 Å². The van der Waals surface area contributed by atoms with E-state index in [0.29, 0.717) is 11.7 Å². The maximum absolute atomic E-state index is 12.2. The lowest BCUT2D eigenvalue weighted by atomic mass is 10.1. The zero-order valence-corrected chi connectivity index (χ0v) is 13.5. The highest BCUT2D eigenvalue weighted by Gasteiger charge is 2.50. The van der Waals surface area contributed by atoms with E-state index >= 15 is 0 Å². The van der Waals surface area contributed by atoms with Crippen LogP contribution >= 0.6 is 0 Å². The number of rotatable bonds is 6. The third-order valence-electron chi connectivity index (χ3n) is 3.13. The second kappa shape index (κ2) is 6.33. The molecule has 1 saturated heterocycles. The first-order valence-corrected chi connectivity index (χ1v) is 8.34. The number of nitrogens with zero attached hydrogens (tertiary/aromatic N) is 1. The summed E-state index contributed by atoms with van der Waals surface area (Å²) in [6, 6.07) is 5.21. The molecule has 122 valence electrons. The third-order valence-corrected chi connectivity index (χ3v) is 4.34. The van der Waals surface area contributed by atoms with Crippen LogP contribution in [0.1, 0.15) is 19.4 Å². The van der Waals surface area contributed by atoms with Crippen LogP contribution in [-0.4, -0.2) is 38.3 Å². The Morgan fingerprint density at radius 3 is 2.41 bits per heavy atom. The molecule has 2 rings (SSSR count). The van der Waals surface area contributed by atoms with E-state index in [9.17, 15) is 13.2 Å². The Morgan fingerprint density at radius 1 is 1.27 bits per heavy atom. The summed E-state index contributed by atoms with van der Waals surface area (Å²) in [6.07, 6.45) is -0.893. The molecule has 0 radical (unpaired) electrons. The SMILES string of the molecule is Cc1ccc(S(=O)(=O)ON2C(=O)[C@@H](N)[C@H]2OCC(C)C)cc1. The average molecular weight is 328 g/mol. The van der Waals surface area contributed by atoms with Crippen LogP contribution in [0, 0.1) is 12.8 Å². The summed E-state index contributed by atoms with van der Waals surface area (Å²) in [5.41, 5.74) is 6.55. The first-order chi connectivity index (χ1) is 10.2. The van der Waals surface area contributed by atoms with Crippen LogP contribution in [0.4, 0.5) is 0 Å². The van der Waals surface area contributed by atoms with Crippen LogP contribution in [0.3, 0.4) is 0 Å². The predicted octanol–water partition coefficient (Wildman–Crippen LogP) is 0.784. The zero-order chi connectivity index (χ0) is 16.5. The van der Waals surface area contributed by atoms with Crippen LogP contribution in [0.15, 0.2) is 29.2 Å². The lowest BCUT2D eigenvalue weighted by Crippen LogP contribution is -2.69. The topological polar surface area (TPSA) is 98.9 Å². The number of amides is 1. The van der Waals surface area contributed by atoms with Gasteiger partial charge in [0.15, 0.2) is 6.23 Å². The number of hydrogen-bond donors (Lipinski definition) is 1. The Morgan fingerprint density at radius 2 is 1.86 bits per heavy atom. The maximum atomic E-state index is 12.2. The molecule has 1 amide bonds. The highest BCUT2D eigenvalue weighted by atomic mass is 32.2. The van der Waals surface area contributed by atoms with Crippen molar-refractivity contribution >= 4 is 16.0 Å². The fraction of sp³-hybridized carbons (Fsp3) is 0.500. The number of hydroxylamine groups is 2. The van der Waals surface area contributed by atoms with Crippen LogP contribution < -0.4 is 5.73 Å². The molecule has 0 unspecified atom stereocenters. The van der Waals surface area contributed by atoms with E-state index in [1.807, 2.05) is 20.8 Å².